The van der Waals surface area contributed by atoms with Gasteiger partial charge < -0.3 is 15.8 Å². The maximum absolute atomic E-state index is 11.3. The number of hydrogen-bond acceptors (Lipinski definition) is 4. The minimum absolute atomic E-state index is 0.271. The highest BCUT2D eigenvalue weighted by molar-refractivity contribution is 9.10. The number of carbonyl (C=O) groups is 2. The number of urea groups is 1. The number of halogens is 1. The Labute approximate surface area is 126 Å². The molecule has 0 radical (unpaired) electrons. The lowest BCUT2D eigenvalue weighted by molar-refractivity contribution is -0.121. The van der Waals surface area contributed by atoms with Crippen LogP contribution < -0.4 is 21.1 Å². The van der Waals surface area contributed by atoms with Crippen molar-refractivity contribution in [3.8, 4) is 5.75 Å². The zero-order chi connectivity index (χ0) is 15.0. The molecule has 6 nitrogen and oxygen atoms in total. The molecule has 0 saturated heterocycles. The first-order valence-corrected chi connectivity index (χ1v) is 7.04. The molecule has 0 aromatic heterocycles. The Balaban J connectivity index is 2.67. The van der Waals surface area contributed by atoms with Gasteiger partial charge in [0.25, 0.3) is 5.91 Å². The van der Waals surface area contributed by atoms with Crippen LogP contribution in [0.2, 0.25) is 0 Å². The van der Waals surface area contributed by atoms with Gasteiger partial charge in [-0.3, -0.25) is 10.1 Å². The van der Waals surface area contributed by atoms with Crippen LogP contribution in [0.1, 0.15) is 18.9 Å². The smallest absolute Gasteiger partial charge is 0.318 e. The highest BCUT2D eigenvalue weighted by Crippen LogP contribution is 2.29. The maximum atomic E-state index is 11.3. The summed E-state index contributed by atoms with van der Waals surface area (Å²) >= 11 is 3.38. The molecule has 4 N–H and O–H groups in total. The van der Waals surface area contributed by atoms with Gasteiger partial charge in [-0.15, -0.1) is 0 Å². The number of imide groups is 1. The highest BCUT2D eigenvalue weighted by Gasteiger charge is 2.11. The molecule has 0 saturated carbocycles. The molecule has 20 heavy (non-hydrogen) atoms. The molecule has 3 amide bonds. The van der Waals surface area contributed by atoms with Crippen LogP contribution >= 0.6 is 15.9 Å². The van der Waals surface area contributed by atoms with Crippen LogP contribution in [0, 0.1) is 0 Å². The lowest BCUT2D eigenvalue weighted by Gasteiger charge is -2.13. The van der Waals surface area contributed by atoms with Crippen LogP contribution in [0.5, 0.6) is 5.75 Å². The summed E-state index contributed by atoms with van der Waals surface area (Å²) in [6.07, 6.45) is 1.03. The van der Waals surface area contributed by atoms with Crippen LogP contribution in [0.25, 0.3) is 0 Å². The monoisotopic (exact) mass is 343 g/mol. The van der Waals surface area contributed by atoms with Crippen LogP contribution in [-0.4, -0.2) is 25.1 Å². The summed E-state index contributed by atoms with van der Waals surface area (Å²) in [6.45, 7) is 3.35. The lowest BCUT2D eigenvalue weighted by atomic mass is 10.2. The van der Waals surface area contributed by atoms with E-state index in [1.54, 1.807) is 0 Å². The standard InChI is InChI=1S/C13H18BrN3O3/c1-2-6-16-7-9-4-3-5-10(14)12(9)20-8-11(18)17-13(15)19/h3-5,16H,2,6-8H2,1H3,(H3,15,17,18,19). The molecule has 0 spiro atoms. The second kappa shape index (κ2) is 8.55. The van der Waals surface area contributed by atoms with Crippen molar-refractivity contribution in [3.63, 3.8) is 0 Å². The normalized spacial score (nSPS) is 10.1. The number of amides is 3. The molecule has 1 aromatic rings. The molecule has 0 aliphatic heterocycles. The van der Waals surface area contributed by atoms with E-state index in [0.717, 1.165) is 23.0 Å². The van der Waals surface area contributed by atoms with Gasteiger partial charge in [-0.1, -0.05) is 19.1 Å². The van der Waals surface area contributed by atoms with Crippen molar-refractivity contribution < 1.29 is 14.3 Å². The first kappa shape index (κ1) is 16.5. The third-order valence-corrected chi connectivity index (χ3v) is 3.03. The number of carbonyl (C=O) groups excluding carboxylic acids is 2. The predicted molar refractivity (Wildman–Crippen MR) is 79.4 cm³/mol. The third kappa shape index (κ3) is 5.58. The Hall–Kier alpha value is -1.60. The van der Waals surface area contributed by atoms with Crippen LogP contribution in [0.15, 0.2) is 22.7 Å². The van der Waals surface area contributed by atoms with Gasteiger partial charge in [-0.05, 0) is 35.0 Å². The topological polar surface area (TPSA) is 93.4 Å². The number of rotatable bonds is 7. The summed E-state index contributed by atoms with van der Waals surface area (Å²) in [4.78, 5) is 21.9. The summed E-state index contributed by atoms with van der Waals surface area (Å²) in [5.41, 5.74) is 5.79. The molecular formula is C13H18BrN3O3. The average Bonchev–Trinajstić information content (AvgIpc) is 2.37. The fraction of sp³-hybridized carbons (Fsp3) is 0.385. The first-order valence-electron chi connectivity index (χ1n) is 6.24. The Bertz CT molecular complexity index is 480. The average molecular weight is 344 g/mol. The Kier molecular flexibility index (Phi) is 7.03. The van der Waals surface area contributed by atoms with Gasteiger partial charge >= 0.3 is 6.03 Å². The molecule has 0 atom stereocenters. The van der Waals surface area contributed by atoms with E-state index in [0.29, 0.717) is 12.3 Å². The second-order valence-corrected chi connectivity index (χ2v) is 4.96. The van der Waals surface area contributed by atoms with E-state index in [2.05, 4.69) is 28.2 Å². The molecule has 7 heteroatoms. The lowest BCUT2D eigenvalue weighted by Crippen LogP contribution is -2.38. The summed E-state index contributed by atoms with van der Waals surface area (Å²) in [5, 5.41) is 5.21. The fourth-order valence-electron chi connectivity index (χ4n) is 1.57. The number of nitrogens with two attached hydrogens (primary N) is 1. The van der Waals surface area contributed by atoms with Crippen molar-refractivity contribution in [2.24, 2.45) is 5.73 Å². The fourth-order valence-corrected chi connectivity index (χ4v) is 2.09. The van der Waals surface area contributed by atoms with Crippen molar-refractivity contribution in [2.75, 3.05) is 13.2 Å². The van der Waals surface area contributed by atoms with Crippen molar-refractivity contribution >= 4 is 27.9 Å². The second-order valence-electron chi connectivity index (χ2n) is 4.11. The quantitative estimate of drug-likeness (QED) is 0.654. The summed E-state index contributed by atoms with van der Waals surface area (Å²) in [7, 11) is 0. The summed E-state index contributed by atoms with van der Waals surface area (Å²) in [5.74, 6) is -0.00329. The Morgan fingerprint density at radius 1 is 1.40 bits per heavy atom. The van der Waals surface area contributed by atoms with Crippen LogP contribution in [-0.2, 0) is 11.3 Å². The molecule has 0 unspecified atom stereocenters. The maximum Gasteiger partial charge on any atom is 0.318 e. The van der Waals surface area contributed by atoms with Crippen molar-refractivity contribution in [2.45, 2.75) is 19.9 Å². The van der Waals surface area contributed by atoms with E-state index in [-0.39, 0.29) is 6.61 Å². The molecule has 1 rings (SSSR count). The van der Waals surface area contributed by atoms with E-state index >= 15 is 0 Å². The number of benzene rings is 1. The molecule has 0 bridgehead atoms. The van der Waals surface area contributed by atoms with Gasteiger partial charge in [0.05, 0.1) is 4.47 Å². The first-order chi connectivity index (χ1) is 9.54. The van der Waals surface area contributed by atoms with Crippen molar-refractivity contribution in [1.82, 2.24) is 10.6 Å². The van der Waals surface area contributed by atoms with Gasteiger partial charge in [-0.25, -0.2) is 4.79 Å². The zero-order valence-electron chi connectivity index (χ0n) is 11.2. The van der Waals surface area contributed by atoms with Crippen LogP contribution in [0.4, 0.5) is 4.79 Å². The third-order valence-electron chi connectivity index (χ3n) is 2.40. The van der Waals surface area contributed by atoms with E-state index < -0.39 is 11.9 Å². The van der Waals surface area contributed by atoms with E-state index in [1.165, 1.54) is 0 Å². The van der Waals surface area contributed by atoms with E-state index in [9.17, 15) is 9.59 Å². The Morgan fingerprint density at radius 2 is 2.15 bits per heavy atom. The number of para-hydroxylation sites is 1. The number of hydrogen-bond donors (Lipinski definition) is 3. The van der Waals surface area contributed by atoms with Crippen LogP contribution in [0.3, 0.4) is 0 Å². The number of nitrogens with one attached hydrogen (secondary N) is 2. The molecule has 0 fully saturated rings. The van der Waals surface area contributed by atoms with E-state index in [1.807, 2.05) is 23.5 Å². The van der Waals surface area contributed by atoms with Gasteiger partial charge in [0, 0.05) is 12.1 Å². The largest absolute Gasteiger partial charge is 0.482 e. The van der Waals surface area contributed by atoms with E-state index in [4.69, 9.17) is 10.5 Å². The van der Waals surface area contributed by atoms with Gasteiger partial charge in [0.1, 0.15) is 5.75 Å². The molecule has 1 aromatic carbocycles. The SMILES string of the molecule is CCCNCc1cccc(Br)c1OCC(=O)NC(N)=O. The molecule has 0 aliphatic carbocycles. The Morgan fingerprint density at radius 3 is 2.80 bits per heavy atom. The summed E-state index contributed by atoms with van der Waals surface area (Å²) < 4.78 is 6.20. The number of primary amides is 1. The minimum Gasteiger partial charge on any atom is -0.482 e. The molecule has 0 aliphatic rings. The molecule has 0 heterocycles. The minimum atomic E-state index is -0.893. The van der Waals surface area contributed by atoms with Gasteiger partial charge in [-0.2, -0.15) is 0 Å². The zero-order valence-corrected chi connectivity index (χ0v) is 12.8. The highest BCUT2D eigenvalue weighted by atomic mass is 79.9. The van der Waals surface area contributed by atoms with Gasteiger partial charge in [0.15, 0.2) is 6.61 Å². The molecular weight excluding hydrogens is 326 g/mol. The van der Waals surface area contributed by atoms with Crippen molar-refractivity contribution in [1.29, 1.82) is 0 Å². The summed E-state index contributed by atoms with van der Waals surface area (Å²) in [6, 6.07) is 4.73. The predicted octanol–water partition coefficient (Wildman–Crippen LogP) is 1.52. The molecule has 110 valence electrons. The van der Waals surface area contributed by atoms with Gasteiger partial charge in [0.2, 0.25) is 0 Å². The van der Waals surface area contributed by atoms with Crippen molar-refractivity contribution in [3.05, 3.63) is 28.2 Å². The number of ether oxygens (including phenoxy) is 1.